The highest BCUT2D eigenvalue weighted by atomic mass is 16.5. The van der Waals surface area contributed by atoms with Crippen LogP contribution in [0.3, 0.4) is 0 Å². The molecular formula is C25H35N3O3. The van der Waals surface area contributed by atoms with E-state index in [-0.39, 0.29) is 17.9 Å². The molecule has 31 heavy (non-hydrogen) atoms. The van der Waals surface area contributed by atoms with Crippen LogP contribution in [0.5, 0.6) is 5.75 Å². The Morgan fingerprint density at radius 3 is 2.65 bits per heavy atom. The van der Waals surface area contributed by atoms with E-state index in [4.69, 9.17) is 4.74 Å². The van der Waals surface area contributed by atoms with Crippen LogP contribution in [0.1, 0.15) is 69.8 Å². The normalized spacial score (nSPS) is 22.1. The second kappa shape index (κ2) is 8.56. The van der Waals surface area contributed by atoms with Gasteiger partial charge in [0.15, 0.2) is 0 Å². The lowest BCUT2D eigenvalue weighted by atomic mass is 9.91. The largest absolute Gasteiger partial charge is 0.497 e. The van der Waals surface area contributed by atoms with Gasteiger partial charge < -0.3 is 19.5 Å². The number of aromatic nitrogens is 1. The molecule has 2 amide bonds. The van der Waals surface area contributed by atoms with Crippen molar-refractivity contribution in [2.75, 3.05) is 13.7 Å². The van der Waals surface area contributed by atoms with Crippen LogP contribution in [0.2, 0.25) is 0 Å². The van der Waals surface area contributed by atoms with E-state index in [0.717, 1.165) is 48.8 Å². The van der Waals surface area contributed by atoms with E-state index in [9.17, 15) is 9.59 Å². The lowest BCUT2D eigenvalue weighted by molar-refractivity contribution is -0.133. The van der Waals surface area contributed by atoms with Gasteiger partial charge in [-0.3, -0.25) is 9.59 Å². The molecule has 1 N–H and O–H groups in total. The quantitative estimate of drug-likeness (QED) is 0.748. The summed E-state index contributed by atoms with van der Waals surface area (Å²) in [6, 6.07) is 7.99. The molecule has 0 unspecified atom stereocenters. The Balaban J connectivity index is 1.72. The van der Waals surface area contributed by atoms with Crippen molar-refractivity contribution in [3.63, 3.8) is 0 Å². The standard InChI is InChI=1S/C25H35N3O3/c1-17(2)12-13-28-23(29)22-14-18-10-11-20(31-4)15-21(18)27(22)16-25(28,3)24(30)26-19-8-6-5-7-9-19/h10-11,14-15,17,19H,5-9,12-13,16H2,1-4H3,(H,26,30)/t25-/m0/s1. The predicted octanol–water partition coefficient (Wildman–Crippen LogP) is 4.36. The fourth-order valence-electron chi connectivity index (χ4n) is 4.98. The summed E-state index contributed by atoms with van der Waals surface area (Å²) in [4.78, 5) is 29.1. The van der Waals surface area contributed by atoms with E-state index in [2.05, 4.69) is 19.2 Å². The van der Waals surface area contributed by atoms with Crippen molar-refractivity contribution in [1.29, 1.82) is 0 Å². The van der Waals surface area contributed by atoms with Gasteiger partial charge in [-0.1, -0.05) is 33.1 Å². The number of amides is 2. The van der Waals surface area contributed by atoms with Crippen LogP contribution in [-0.4, -0.2) is 46.5 Å². The number of methoxy groups -OCH3 is 1. The van der Waals surface area contributed by atoms with Crippen LogP contribution in [0.4, 0.5) is 0 Å². The highest BCUT2D eigenvalue weighted by Crippen LogP contribution is 2.34. The molecule has 2 heterocycles. The van der Waals surface area contributed by atoms with Gasteiger partial charge in [0.05, 0.1) is 19.2 Å². The third-order valence-electron chi connectivity index (χ3n) is 7.00. The summed E-state index contributed by atoms with van der Waals surface area (Å²) in [6.45, 7) is 7.25. The first-order chi connectivity index (χ1) is 14.8. The summed E-state index contributed by atoms with van der Waals surface area (Å²) in [5, 5.41) is 4.28. The molecule has 4 rings (SSSR count). The number of carbonyl (C=O) groups excluding carboxylic acids is 2. The third-order valence-corrected chi connectivity index (χ3v) is 7.00. The SMILES string of the molecule is COc1ccc2cc3n(c2c1)C[C@@](C)(C(=O)NC1CCCCC1)N(CCC(C)C)C3=O. The van der Waals surface area contributed by atoms with Gasteiger partial charge >= 0.3 is 0 Å². The predicted molar refractivity (Wildman–Crippen MR) is 122 cm³/mol. The van der Waals surface area contributed by atoms with Crippen LogP contribution in [0.15, 0.2) is 24.3 Å². The Bertz CT molecular complexity index is 974. The molecule has 6 nitrogen and oxygen atoms in total. The van der Waals surface area contributed by atoms with E-state index in [1.807, 2.05) is 40.7 Å². The van der Waals surface area contributed by atoms with Crippen molar-refractivity contribution in [2.24, 2.45) is 5.92 Å². The minimum absolute atomic E-state index is 0.0353. The van der Waals surface area contributed by atoms with Gasteiger partial charge in [0.1, 0.15) is 17.0 Å². The van der Waals surface area contributed by atoms with Crippen LogP contribution < -0.4 is 10.1 Å². The highest BCUT2D eigenvalue weighted by Gasteiger charge is 2.48. The van der Waals surface area contributed by atoms with E-state index in [1.54, 1.807) is 7.11 Å². The number of rotatable bonds is 6. The molecule has 2 aromatic rings. The summed E-state index contributed by atoms with van der Waals surface area (Å²) in [6.07, 6.45) is 6.47. The number of carbonyl (C=O) groups is 2. The molecule has 1 aliphatic carbocycles. The lowest BCUT2D eigenvalue weighted by Gasteiger charge is -2.45. The van der Waals surface area contributed by atoms with Crippen molar-refractivity contribution in [3.05, 3.63) is 30.0 Å². The van der Waals surface area contributed by atoms with Crippen LogP contribution >= 0.6 is 0 Å². The van der Waals surface area contributed by atoms with Crippen molar-refractivity contribution in [2.45, 2.75) is 77.4 Å². The molecular weight excluding hydrogens is 390 g/mol. The molecule has 1 saturated carbocycles. The van der Waals surface area contributed by atoms with Gasteiger partial charge in [-0.15, -0.1) is 0 Å². The second-order valence-electron chi connectivity index (χ2n) is 9.76. The zero-order valence-corrected chi connectivity index (χ0v) is 19.2. The molecule has 2 aliphatic rings. The summed E-state index contributed by atoms with van der Waals surface area (Å²) < 4.78 is 7.41. The van der Waals surface area contributed by atoms with Gasteiger partial charge in [-0.2, -0.15) is 0 Å². The van der Waals surface area contributed by atoms with Gasteiger partial charge in [0, 0.05) is 24.0 Å². The number of benzene rings is 1. The molecule has 6 heteroatoms. The van der Waals surface area contributed by atoms with Crippen molar-refractivity contribution < 1.29 is 14.3 Å². The summed E-state index contributed by atoms with van der Waals surface area (Å²) in [5.41, 5.74) is 0.656. The first kappa shape index (κ1) is 21.7. The summed E-state index contributed by atoms with van der Waals surface area (Å²) in [7, 11) is 1.64. The number of ether oxygens (including phenoxy) is 1. The fourth-order valence-corrected chi connectivity index (χ4v) is 4.98. The van der Waals surface area contributed by atoms with Gasteiger partial charge in [0.2, 0.25) is 5.91 Å². The van der Waals surface area contributed by atoms with Gasteiger partial charge in [0.25, 0.3) is 5.91 Å². The molecule has 1 aliphatic heterocycles. The summed E-state index contributed by atoms with van der Waals surface area (Å²) >= 11 is 0. The Labute approximate surface area is 184 Å². The molecule has 1 aromatic heterocycles. The van der Waals surface area contributed by atoms with E-state index < -0.39 is 5.54 Å². The van der Waals surface area contributed by atoms with Crippen molar-refractivity contribution >= 4 is 22.7 Å². The average molecular weight is 426 g/mol. The second-order valence-corrected chi connectivity index (χ2v) is 9.76. The van der Waals surface area contributed by atoms with E-state index >= 15 is 0 Å². The van der Waals surface area contributed by atoms with Crippen LogP contribution in [0.25, 0.3) is 10.9 Å². The number of nitrogens with zero attached hydrogens (tertiary/aromatic N) is 2. The topological polar surface area (TPSA) is 63.6 Å². The lowest BCUT2D eigenvalue weighted by Crippen LogP contribution is -2.65. The van der Waals surface area contributed by atoms with Crippen LogP contribution in [0, 0.1) is 5.92 Å². The maximum Gasteiger partial charge on any atom is 0.271 e. The zero-order chi connectivity index (χ0) is 22.2. The minimum atomic E-state index is -0.925. The monoisotopic (exact) mass is 425 g/mol. The Morgan fingerprint density at radius 1 is 1.23 bits per heavy atom. The number of nitrogens with one attached hydrogen (secondary N) is 1. The Kier molecular flexibility index (Phi) is 6.00. The van der Waals surface area contributed by atoms with E-state index in [1.165, 1.54) is 6.42 Å². The van der Waals surface area contributed by atoms with E-state index in [0.29, 0.717) is 24.7 Å². The maximum absolute atomic E-state index is 13.7. The minimum Gasteiger partial charge on any atom is -0.497 e. The van der Waals surface area contributed by atoms with Crippen molar-refractivity contribution in [1.82, 2.24) is 14.8 Å². The Morgan fingerprint density at radius 2 is 1.97 bits per heavy atom. The van der Waals surface area contributed by atoms with Crippen LogP contribution in [-0.2, 0) is 11.3 Å². The molecule has 0 saturated heterocycles. The molecule has 1 atom stereocenters. The average Bonchev–Trinajstić information content (AvgIpc) is 3.11. The zero-order valence-electron chi connectivity index (χ0n) is 19.2. The Hall–Kier alpha value is -2.50. The molecule has 0 bridgehead atoms. The molecule has 0 radical (unpaired) electrons. The number of fused-ring (bicyclic) bond motifs is 3. The first-order valence-electron chi connectivity index (χ1n) is 11.6. The first-order valence-corrected chi connectivity index (χ1v) is 11.6. The number of hydrogen-bond donors (Lipinski definition) is 1. The number of hydrogen-bond acceptors (Lipinski definition) is 3. The molecule has 0 spiro atoms. The highest BCUT2D eigenvalue weighted by molar-refractivity contribution is 6.03. The summed E-state index contributed by atoms with van der Waals surface area (Å²) in [5.74, 6) is 1.10. The smallest absolute Gasteiger partial charge is 0.271 e. The van der Waals surface area contributed by atoms with Crippen molar-refractivity contribution in [3.8, 4) is 5.75 Å². The third kappa shape index (κ3) is 4.04. The molecule has 1 aromatic carbocycles. The van der Waals surface area contributed by atoms with Gasteiger partial charge in [-0.05, 0) is 50.3 Å². The fraction of sp³-hybridized carbons (Fsp3) is 0.600. The van der Waals surface area contributed by atoms with Gasteiger partial charge in [-0.25, -0.2) is 0 Å². The molecule has 1 fully saturated rings. The maximum atomic E-state index is 13.7. The molecule has 168 valence electrons.